The second-order valence-electron chi connectivity index (χ2n) is 6.01. The molecule has 0 fully saturated rings. The van der Waals surface area contributed by atoms with Gasteiger partial charge in [-0.2, -0.15) is 5.10 Å². The molecule has 4 aromatic rings. The Bertz CT molecular complexity index is 1260. The molecule has 0 aliphatic rings. The molecule has 0 bridgehead atoms. The van der Waals surface area contributed by atoms with Crippen LogP contribution in [0.4, 0.5) is 5.69 Å². The summed E-state index contributed by atoms with van der Waals surface area (Å²) in [5.74, 6) is -0.370. The molecule has 0 atom stereocenters. The number of fused-ring (bicyclic) bond motifs is 2. The first-order valence-corrected chi connectivity index (χ1v) is 9.07. The number of amides is 1. The number of nitrogens with one attached hydrogen (secondary N) is 1. The third-order valence-electron chi connectivity index (χ3n) is 4.24. The molecule has 0 spiro atoms. The van der Waals surface area contributed by atoms with Gasteiger partial charge in [-0.3, -0.25) is 14.9 Å². The van der Waals surface area contributed by atoms with Gasteiger partial charge in [0.2, 0.25) is 0 Å². The predicted octanol–water partition coefficient (Wildman–Crippen LogP) is 4.43. The summed E-state index contributed by atoms with van der Waals surface area (Å²) >= 11 is 1.22. The number of non-ortho nitro benzene ring substituents is 1. The topological polar surface area (TPSA) is 105 Å². The fourth-order valence-electron chi connectivity index (χ4n) is 2.89. The van der Waals surface area contributed by atoms with Crippen LogP contribution in [0.5, 0.6) is 5.75 Å². The molecule has 1 aromatic heterocycles. The van der Waals surface area contributed by atoms with Crippen LogP contribution in [0.3, 0.4) is 0 Å². The van der Waals surface area contributed by atoms with Crippen LogP contribution < -0.4 is 5.43 Å². The zero-order chi connectivity index (χ0) is 19.7. The minimum atomic E-state index is -0.474. The van der Waals surface area contributed by atoms with E-state index < -0.39 is 10.8 Å². The van der Waals surface area contributed by atoms with Gasteiger partial charge in [0.1, 0.15) is 5.75 Å². The van der Waals surface area contributed by atoms with Gasteiger partial charge in [-0.25, -0.2) is 5.43 Å². The number of benzene rings is 3. The molecule has 0 aliphatic carbocycles. The molecule has 1 amide bonds. The maximum atomic E-state index is 12.4. The van der Waals surface area contributed by atoms with E-state index in [9.17, 15) is 20.0 Å². The van der Waals surface area contributed by atoms with Gasteiger partial charge < -0.3 is 5.11 Å². The number of nitro groups is 1. The number of thiophene rings is 1. The SMILES string of the molecule is O=C(NN=Cc1c(O)ccc2ccccc12)c1cc2cc([N+](=O)[O-])ccc2s1. The second kappa shape index (κ2) is 7.09. The highest BCUT2D eigenvalue weighted by atomic mass is 32.1. The molecule has 8 heteroatoms. The lowest BCUT2D eigenvalue weighted by Gasteiger charge is -2.04. The molecule has 138 valence electrons. The molecule has 1 heterocycles. The summed E-state index contributed by atoms with van der Waals surface area (Å²) in [6.45, 7) is 0. The van der Waals surface area contributed by atoms with Gasteiger partial charge >= 0.3 is 0 Å². The van der Waals surface area contributed by atoms with Crippen molar-refractivity contribution >= 4 is 50.0 Å². The van der Waals surface area contributed by atoms with Gasteiger partial charge in [0, 0.05) is 27.8 Å². The lowest BCUT2D eigenvalue weighted by molar-refractivity contribution is -0.384. The Morgan fingerprint density at radius 3 is 2.75 bits per heavy atom. The van der Waals surface area contributed by atoms with Crippen LogP contribution in [-0.2, 0) is 0 Å². The molecule has 0 aliphatic heterocycles. The number of rotatable bonds is 4. The van der Waals surface area contributed by atoms with E-state index in [0.717, 1.165) is 15.5 Å². The van der Waals surface area contributed by atoms with Crippen molar-refractivity contribution < 1.29 is 14.8 Å². The Balaban J connectivity index is 1.57. The molecular weight excluding hydrogens is 378 g/mol. The Hall–Kier alpha value is -3.78. The minimum Gasteiger partial charge on any atom is -0.507 e. The molecule has 3 aromatic carbocycles. The van der Waals surface area contributed by atoms with Crippen molar-refractivity contribution in [2.75, 3.05) is 0 Å². The van der Waals surface area contributed by atoms with Gasteiger partial charge in [-0.15, -0.1) is 11.3 Å². The van der Waals surface area contributed by atoms with Gasteiger partial charge in [0.05, 0.1) is 16.0 Å². The fraction of sp³-hybridized carbons (Fsp3) is 0. The number of nitro benzene ring substituents is 1. The number of hydrogen-bond acceptors (Lipinski definition) is 6. The Labute approximate surface area is 162 Å². The first-order chi connectivity index (χ1) is 13.5. The van der Waals surface area contributed by atoms with E-state index in [1.807, 2.05) is 24.3 Å². The zero-order valence-corrected chi connectivity index (χ0v) is 15.1. The van der Waals surface area contributed by atoms with Crippen LogP contribution in [0.1, 0.15) is 15.2 Å². The molecule has 28 heavy (non-hydrogen) atoms. The Kier molecular flexibility index (Phi) is 4.46. The smallest absolute Gasteiger partial charge is 0.281 e. The summed E-state index contributed by atoms with van der Waals surface area (Å²) in [5.41, 5.74) is 2.91. The fourth-order valence-corrected chi connectivity index (χ4v) is 3.82. The van der Waals surface area contributed by atoms with Crippen molar-refractivity contribution in [3.63, 3.8) is 0 Å². The number of carbonyl (C=O) groups is 1. The number of phenolic OH excluding ortho intramolecular Hbond substituents is 1. The van der Waals surface area contributed by atoms with Crippen molar-refractivity contribution in [1.82, 2.24) is 5.43 Å². The standard InChI is InChI=1S/C20H13N3O4S/c24-17-7-5-12-3-1-2-4-15(12)16(17)11-21-22-20(25)19-10-13-9-14(23(26)27)6-8-18(13)28-19/h1-11,24H,(H,22,25). The van der Waals surface area contributed by atoms with Crippen molar-refractivity contribution in [1.29, 1.82) is 0 Å². The van der Waals surface area contributed by atoms with Crippen LogP contribution in [-0.4, -0.2) is 22.2 Å². The molecule has 0 saturated heterocycles. The Morgan fingerprint density at radius 1 is 1.11 bits per heavy atom. The number of hydrogen-bond donors (Lipinski definition) is 2. The van der Waals surface area contributed by atoms with Gasteiger partial charge in [0.25, 0.3) is 11.6 Å². The summed E-state index contributed by atoms with van der Waals surface area (Å²) in [7, 11) is 0. The molecule has 2 N–H and O–H groups in total. The van der Waals surface area contributed by atoms with Crippen LogP contribution in [0.15, 0.2) is 65.8 Å². The quantitative estimate of drug-likeness (QED) is 0.305. The predicted molar refractivity (Wildman–Crippen MR) is 109 cm³/mol. The molecule has 7 nitrogen and oxygen atoms in total. The van der Waals surface area contributed by atoms with E-state index in [0.29, 0.717) is 15.8 Å². The van der Waals surface area contributed by atoms with Crippen molar-refractivity contribution in [2.45, 2.75) is 0 Å². The first kappa shape index (κ1) is 17.6. The maximum Gasteiger partial charge on any atom is 0.281 e. The number of aromatic hydroxyl groups is 1. The van der Waals surface area contributed by atoms with E-state index in [2.05, 4.69) is 10.5 Å². The van der Waals surface area contributed by atoms with Crippen molar-refractivity contribution in [2.24, 2.45) is 5.10 Å². The monoisotopic (exact) mass is 391 g/mol. The zero-order valence-electron chi connectivity index (χ0n) is 14.3. The summed E-state index contributed by atoms with van der Waals surface area (Å²) < 4.78 is 0.770. The lowest BCUT2D eigenvalue weighted by Crippen LogP contribution is -2.16. The Morgan fingerprint density at radius 2 is 1.93 bits per heavy atom. The van der Waals surface area contributed by atoms with E-state index in [1.165, 1.54) is 29.7 Å². The minimum absolute atomic E-state index is 0.0262. The van der Waals surface area contributed by atoms with Crippen LogP contribution in [0.25, 0.3) is 20.9 Å². The summed E-state index contributed by atoms with van der Waals surface area (Å²) in [6, 6.07) is 16.9. The average Bonchev–Trinajstić information content (AvgIpc) is 3.13. The molecule has 0 unspecified atom stereocenters. The van der Waals surface area contributed by atoms with E-state index in [-0.39, 0.29) is 11.4 Å². The average molecular weight is 391 g/mol. The van der Waals surface area contributed by atoms with E-state index in [4.69, 9.17) is 0 Å². The van der Waals surface area contributed by atoms with E-state index in [1.54, 1.807) is 24.3 Å². The normalized spacial score (nSPS) is 11.3. The highest BCUT2D eigenvalue weighted by Crippen LogP contribution is 2.29. The number of carbonyl (C=O) groups excluding carboxylic acids is 1. The highest BCUT2D eigenvalue weighted by molar-refractivity contribution is 7.20. The van der Waals surface area contributed by atoms with Crippen LogP contribution in [0, 0.1) is 10.1 Å². The molecular formula is C20H13N3O4S. The third-order valence-corrected chi connectivity index (χ3v) is 5.36. The number of nitrogens with zero attached hydrogens (tertiary/aromatic N) is 2. The number of phenols is 1. The lowest BCUT2D eigenvalue weighted by atomic mass is 10.0. The summed E-state index contributed by atoms with van der Waals surface area (Å²) in [5, 5.41) is 27.3. The van der Waals surface area contributed by atoms with Gasteiger partial charge in [0.15, 0.2) is 0 Å². The highest BCUT2D eigenvalue weighted by Gasteiger charge is 2.13. The molecule has 4 rings (SSSR count). The number of hydrazone groups is 1. The van der Waals surface area contributed by atoms with Crippen LogP contribution in [0.2, 0.25) is 0 Å². The van der Waals surface area contributed by atoms with Gasteiger partial charge in [-0.05, 0) is 29.0 Å². The largest absolute Gasteiger partial charge is 0.507 e. The van der Waals surface area contributed by atoms with Crippen LogP contribution >= 0.6 is 11.3 Å². The van der Waals surface area contributed by atoms with Crippen molar-refractivity contribution in [3.05, 3.63) is 81.2 Å². The van der Waals surface area contributed by atoms with E-state index >= 15 is 0 Å². The molecule has 0 radical (unpaired) electrons. The first-order valence-electron chi connectivity index (χ1n) is 8.25. The van der Waals surface area contributed by atoms with Gasteiger partial charge in [-0.1, -0.05) is 30.3 Å². The summed E-state index contributed by atoms with van der Waals surface area (Å²) in [6.07, 6.45) is 1.40. The summed E-state index contributed by atoms with van der Waals surface area (Å²) in [4.78, 5) is 23.1. The molecule has 0 saturated carbocycles. The van der Waals surface area contributed by atoms with Crippen molar-refractivity contribution in [3.8, 4) is 5.75 Å². The third kappa shape index (κ3) is 3.28. The second-order valence-corrected chi connectivity index (χ2v) is 7.09. The maximum absolute atomic E-state index is 12.4.